The SMILES string of the molecule is CCC[C@H]1CN(c2ncc(C(C)OC(C)=O)cc2Cl)CCN1C1CCN(Cc2ccc(Cl)cc2F)CC1. The molecule has 0 saturated carbocycles. The molecule has 1 aromatic heterocycles. The summed E-state index contributed by atoms with van der Waals surface area (Å²) >= 11 is 12.6. The van der Waals surface area contributed by atoms with Crippen LogP contribution in [0.25, 0.3) is 0 Å². The van der Waals surface area contributed by atoms with Gasteiger partial charge in [0.05, 0.1) is 5.02 Å². The maximum Gasteiger partial charge on any atom is 0.303 e. The smallest absolute Gasteiger partial charge is 0.303 e. The van der Waals surface area contributed by atoms with E-state index in [1.165, 1.54) is 13.0 Å². The molecule has 37 heavy (non-hydrogen) atoms. The van der Waals surface area contributed by atoms with Crippen LogP contribution in [0.15, 0.2) is 30.5 Å². The molecule has 0 N–H and O–H groups in total. The van der Waals surface area contributed by atoms with E-state index in [2.05, 4.69) is 26.6 Å². The lowest BCUT2D eigenvalue weighted by Gasteiger charge is -2.48. The second-order valence-electron chi connectivity index (χ2n) is 10.2. The minimum absolute atomic E-state index is 0.227. The van der Waals surface area contributed by atoms with Gasteiger partial charge in [-0.3, -0.25) is 14.6 Å². The lowest BCUT2D eigenvalue weighted by atomic mass is 9.97. The Bertz CT molecular complexity index is 1080. The van der Waals surface area contributed by atoms with Crippen molar-refractivity contribution in [1.82, 2.24) is 14.8 Å². The second kappa shape index (κ2) is 12.7. The van der Waals surface area contributed by atoms with Crippen LogP contribution in [0, 0.1) is 5.82 Å². The van der Waals surface area contributed by atoms with Gasteiger partial charge in [0.1, 0.15) is 17.7 Å². The average Bonchev–Trinajstić information content (AvgIpc) is 2.86. The molecule has 2 fully saturated rings. The number of nitrogens with zero attached hydrogens (tertiary/aromatic N) is 4. The number of piperazine rings is 1. The molecule has 2 atom stereocenters. The molecule has 2 aliphatic heterocycles. The minimum atomic E-state index is -0.386. The normalized spacial score (nSPS) is 20.7. The van der Waals surface area contributed by atoms with Crippen molar-refractivity contribution in [3.05, 3.63) is 57.5 Å². The molecule has 0 radical (unpaired) electrons. The highest BCUT2D eigenvalue weighted by atomic mass is 35.5. The Hall–Kier alpha value is -1.93. The zero-order chi connectivity index (χ0) is 26.5. The fourth-order valence-electron chi connectivity index (χ4n) is 5.65. The molecule has 9 heteroatoms. The first kappa shape index (κ1) is 28.1. The van der Waals surface area contributed by atoms with Crippen LogP contribution in [-0.2, 0) is 16.1 Å². The van der Waals surface area contributed by atoms with Gasteiger partial charge in [-0.2, -0.15) is 0 Å². The molecule has 3 heterocycles. The van der Waals surface area contributed by atoms with E-state index in [1.54, 1.807) is 18.3 Å². The quantitative estimate of drug-likeness (QED) is 0.369. The van der Waals surface area contributed by atoms with E-state index in [0.29, 0.717) is 34.2 Å². The van der Waals surface area contributed by atoms with Gasteiger partial charge >= 0.3 is 5.97 Å². The number of hydrogen-bond donors (Lipinski definition) is 0. The molecule has 2 aromatic rings. The molecular weight excluding hydrogens is 514 g/mol. The third-order valence-electron chi connectivity index (χ3n) is 7.54. The first-order valence-electron chi connectivity index (χ1n) is 13.2. The van der Waals surface area contributed by atoms with E-state index in [-0.39, 0.29) is 17.9 Å². The zero-order valence-electron chi connectivity index (χ0n) is 21.9. The van der Waals surface area contributed by atoms with Crippen LogP contribution in [0.5, 0.6) is 0 Å². The van der Waals surface area contributed by atoms with Crippen LogP contribution in [0.1, 0.15) is 63.7 Å². The number of ether oxygens (including phenoxy) is 1. The van der Waals surface area contributed by atoms with Gasteiger partial charge in [0, 0.05) is 67.5 Å². The van der Waals surface area contributed by atoms with Crippen LogP contribution in [0.3, 0.4) is 0 Å². The molecule has 2 aliphatic rings. The van der Waals surface area contributed by atoms with Gasteiger partial charge in [-0.1, -0.05) is 42.6 Å². The van der Waals surface area contributed by atoms with Crippen molar-refractivity contribution in [2.75, 3.05) is 37.6 Å². The molecule has 0 bridgehead atoms. The predicted octanol–water partition coefficient (Wildman–Crippen LogP) is 6.11. The summed E-state index contributed by atoms with van der Waals surface area (Å²) in [5, 5.41) is 1.02. The number of benzene rings is 1. The number of esters is 1. The van der Waals surface area contributed by atoms with Gasteiger partial charge in [0.15, 0.2) is 0 Å². The fraction of sp³-hybridized carbons (Fsp3) is 0.571. The van der Waals surface area contributed by atoms with Crippen molar-refractivity contribution in [2.24, 2.45) is 0 Å². The fourth-order valence-corrected chi connectivity index (χ4v) is 6.10. The Kier molecular flexibility index (Phi) is 9.67. The summed E-state index contributed by atoms with van der Waals surface area (Å²) in [7, 11) is 0. The number of carbonyl (C=O) groups excluding carboxylic acids is 1. The summed E-state index contributed by atoms with van der Waals surface area (Å²) in [5.41, 5.74) is 1.50. The first-order valence-corrected chi connectivity index (χ1v) is 14.0. The maximum atomic E-state index is 14.3. The summed E-state index contributed by atoms with van der Waals surface area (Å²) < 4.78 is 19.5. The maximum absolute atomic E-state index is 14.3. The highest BCUT2D eigenvalue weighted by Crippen LogP contribution is 2.32. The lowest BCUT2D eigenvalue weighted by molar-refractivity contribution is -0.145. The van der Waals surface area contributed by atoms with E-state index in [9.17, 15) is 9.18 Å². The number of aromatic nitrogens is 1. The molecule has 6 nitrogen and oxygen atoms in total. The Morgan fingerprint density at radius 2 is 1.95 bits per heavy atom. The topological polar surface area (TPSA) is 48.9 Å². The van der Waals surface area contributed by atoms with Gasteiger partial charge in [-0.25, -0.2) is 9.37 Å². The largest absolute Gasteiger partial charge is 0.458 e. The molecule has 202 valence electrons. The highest BCUT2D eigenvalue weighted by molar-refractivity contribution is 6.33. The third-order valence-corrected chi connectivity index (χ3v) is 8.05. The number of rotatable bonds is 8. The van der Waals surface area contributed by atoms with Gasteiger partial charge in [-0.05, 0) is 57.5 Å². The van der Waals surface area contributed by atoms with E-state index in [0.717, 1.165) is 69.8 Å². The number of anilines is 1. The molecule has 2 saturated heterocycles. The molecular formula is C28H37Cl2FN4O2. The minimum Gasteiger partial charge on any atom is -0.458 e. The van der Waals surface area contributed by atoms with Crippen LogP contribution >= 0.6 is 23.2 Å². The van der Waals surface area contributed by atoms with Crippen molar-refractivity contribution in [1.29, 1.82) is 0 Å². The second-order valence-corrected chi connectivity index (χ2v) is 11.0. The summed E-state index contributed by atoms with van der Waals surface area (Å²) in [5.74, 6) is 0.241. The molecule has 1 unspecified atom stereocenters. The molecule has 4 rings (SSSR count). The standard InChI is InChI=1S/C28H37Cl2FN4O2/c1-4-5-25-18-34(28-26(30)14-22(16-32-28)19(2)37-20(3)36)12-13-35(25)24-8-10-33(11-9-24)17-21-6-7-23(29)15-27(21)31/h6-7,14-16,19,24-25H,4-5,8-13,17-18H2,1-3H3/t19?,25-/m0/s1. The number of likely N-dealkylation sites (tertiary alicyclic amines) is 1. The number of piperidine rings is 1. The number of hydrogen-bond acceptors (Lipinski definition) is 6. The zero-order valence-corrected chi connectivity index (χ0v) is 23.4. The van der Waals surface area contributed by atoms with Gasteiger partial charge in [-0.15, -0.1) is 0 Å². The van der Waals surface area contributed by atoms with Crippen LogP contribution in [0.2, 0.25) is 10.0 Å². The van der Waals surface area contributed by atoms with Crippen molar-refractivity contribution in [3.63, 3.8) is 0 Å². The van der Waals surface area contributed by atoms with Crippen LogP contribution in [-0.4, -0.2) is 65.6 Å². The molecule has 0 amide bonds. The van der Waals surface area contributed by atoms with Crippen LogP contribution < -0.4 is 4.90 Å². The van der Waals surface area contributed by atoms with Gasteiger partial charge in [0.25, 0.3) is 0 Å². The average molecular weight is 552 g/mol. The summed E-state index contributed by atoms with van der Waals surface area (Å²) in [6, 6.07) is 7.77. The molecule has 0 spiro atoms. The number of halogens is 3. The van der Waals surface area contributed by atoms with E-state index >= 15 is 0 Å². The third kappa shape index (κ3) is 7.14. The Balaban J connectivity index is 1.36. The molecule has 0 aliphatic carbocycles. The van der Waals surface area contributed by atoms with Crippen LogP contribution in [0.4, 0.5) is 10.2 Å². The Labute approximate surface area is 229 Å². The lowest BCUT2D eigenvalue weighted by Crippen LogP contribution is -2.58. The van der Waals surface area contributed by atoms with E-state index < -0.39 is 0 Å². The van der Waals surface area contributed by atoms with Crippen molar-refractivity contribution >= 4 is 35.0 Å². The van der Waals surface area contributed by atoms with E-state index in [4.69, 9.17) is 27.9 Å². The first-order chi connectivity index (χ1) is 17.7. The van der Waals surface area contributed by atoms with Gasteiger partial charge in [0.2, 0.25) is 0 Å². The summed E-state index contributed by atoms with van der Waals surface area (Å²) in [4.78, 5) is 23.3. The van der Waals surface area contributed by atoms with Crippen molar-refractivity contribution in [3.8, 4) is 0 Å². The number of carbonyl (C=O) groups is 1. The Morgan fingerprint density at radius 3 is 2.59 bits per heavy atom. The summed E-state index contributed by atoms with van der Waals surface area (Å²) in [6.45, 7) is 10.7. The van der Waals surface area contributed by atoms with Gasteiger partial charge < -0.3 is 9.64 Å². The number of pyridine rings is 1. The van der Waals surface area contributed by atoms with Crippen molar-refractivity contribution < 1.29 is 13.9 Å². The Morgan fingerprint density at radius 1 is 1.19 bits per heavy atom. The summed E-state index contributed by atoms with van der Waals surface area (Å²) in [6.07, 6.45) is 5.77. The highest BCUT2D eigenvalue weighted by Gasteiger charge is 2.34. The van der Waals surface area contributed by atoms with Crippen molar-refractivity contribution in [2.45, 2.75) is 71.2 Å². The predicted molar refractivity (Wildman–Crippen MR) is 147 cm³/mol. The monoisotopic (exact) mass is 550 g/mol. The molecule has 1 aromatic carbocycles. The van der Waals surface area contributed by atoms with E-state index in [1.807, 2.05) is 13.0 Å².